The molecule has 1 aliphatic rings. The van der Waals surface area contributed by atoms with Crippen molar-refractivity contribution in [1.29, 1.82) is 0 Å². The second-order valence-corrected chi connectivity index (χ2v) is 7.66. The zero-order chi connectivity index (χ0) is 21.0. The summed E-state index contributed by atoms with van der Waals surface area (Å²) in [6, 6.07) is 38.5. The van der Waals surface area contributed by atoms with Crippen LogP contribution in [0.4, 0.5) is 11.4 Å². The van der Waals surface area contributed by atoms with Crippen LogP contribution >= 0.6 is 11.6 Å². The van der Waals surface area contributed by atoms with Crippen molar-refractivity contribution in [2.45, 2.75) is 6.17 Å². The quantitative estimate of drug-likeness (QED) is 0.421. The fourth-order valence-corrected chi connectivity index (χ4v) is 3.76. The molecule has 0 saturated carbocycles. The number of para-hydroxylation sites is 2. The van der Waals surface area contributed by atoms with E-state index in [2.05, 4.69) is 41.8 Å². The Hall–Kier alpha value is -3.60. The Labute approximate surface area is 187 Å². The molecule has 5 rings (SSSR count). The van der Waals surface area contributed by atoms with Crippen LogP contribution in [0.3, 0.4) is 0 Å². The number of hydrogen-bond donors (Lipinski definition) is 1. The Bertz CT molecular complexity index is 1160. The van der Waals surface area contributed by atoms with E-state index in [1.165, 1.54) is 0 Å². The molecule has 0 saturated heterocycles. The third-order valence-corrected chi connectivity index (χ3v) is 5.42. The number of rotatable bonds is 4. The number of nitrogens with one attached hydrogen (secondary N) is 1. The van der Waals surface area contributed by atoms with E-state index in [0.29, 0.717) is 5.02 Å². The zero-order valence-corrected chi connectivity index (χ0v) is 17.5. The summed E-state index contributed by atoms with van der Waals surface area (Å²) in [6.07, 6.45) is -0.215. The highest BCUT2D eigenvalue weighted by atomic mass is 35.5. The number of hydrazine groups is 1. The minimum Gasteiger partial charge on any atom is -0.255 e. The van der Waals surface area contributed by atoms with Crippen LogP contribution in [-0.4, -0.2) is 5.84 Å². The molecular weight excluding hydrogens is 404 g/mol. The molecule has 4 aromatic rings. The number of nitrogens with zero attached hydrogens (tertiary/aromatic N) is 3. The van der Waals surface area contributed by atoms with Crippen molar-refractivity contribution in [3.05, 3.63) is 131 Å². The van der Waals surface area contributed by atoms with Crippen molar-refractivity contribution in [2.75, 3.05) is 10.0 Å². The summed E-state index contributed by atoms with van der Waals surface area (Å²) >= 11 is 6.16. The molecule has 0 bridgehead atoms. The lowest BCUT2D eigenvalue weighted by Gasteiger charge is -2.41. The summed E-state index contributed by atoms with van der Waals surface area (Å²) in [5.41, 5.74) is 7.78. The largest absolute Gasteiger partial charge is 0.255 e. The van der Waals surface area contributed by atoms with Crippen LogP contribution in [0.25, 0.3) is 0 Å². The minimum absolute atomic E-state index is 0.215. The van der Waals surface area contributed by atoms with Gasteiger partial charge >= 0.3 is 0 Å². The Balaban J connectivity index is 1.68. The van der Waals surface area contributed by atoms with Gasteiger partial charge in [-0.3, -0.25) is 5.01 Å². The van der Waals surface area contributed by atoms with Gasteiger partial charge in [-0.15, -0.1) is 0 Å². The highest BCUT2D eigenvalue weighted by Crippen LogP contribution is 2.32. The van der Waals surface area contributed by atoms with Crippen molar-refractivity contribution >= 4 is 28.8 Å². The number of anilines is 2. The molecule has 4 aromatic carbocycles. The second kappa shape index (κ2) is 8.64. The molecule has 5 heteroatoms. The van der Waals surface area contributed by atoms with Gasteiger partial charge in [0.1, 0.15) is 6.17 Å². The standard InChI is InChI=1S/C26H21ClN4/c27-22-18-16-21(17-19-22)26-29-30(23-12-6-2-7-13-23)25(20-10-4-1-5-11-20)28-31(26)24-14-8-3-9-15-24/h1-19,26,29H. The van der Waals surface area contributed by atoms with E-state index >= 15 is 0 Å². The van der Waals surface area contributed by atoms with E-state index in [4.69, 9.17) is 16.7 Å². The van der Waals surface area contributed by atoms with E-state index in [1.54, 1.807) is 0 Å². The molecule has 152 valence electrons. The maximum absolute atomic E-state index is 6.16. The van der Waals surface area contributed by atoms with Gasteiger partial charge in [0.2, 0.25) is 0 Å². The van der Waals surface area contributed by atoms with Crippen molar-refractivity contribution in [3.8, 4) is 0 Å². The van der Waals surface area contributed by atoms with Crippen molar-refractivity contribution in [3.63, 3.8) is 0 Å². The Morgan fingerprint density at radius 1 is 0.645 bits per heavy atom. The first-order valence-corrected chi connectivity index (χ1v) is 10.5. The number of hydrazone groups is 1. The Morgan fingerprint density at radius 2 is 1.19 bits per heavy atom. The lowest BCUT2D eigenvalue weighted by Crippen LogP contribution is -2.55. The first-order chi connectivity index (χ1) is 15.3. The van der Waals surface area contributed by atoms with Crippen LogP contribution in [0.15, 0.2) is 120 Å². The van der Waals surface area contributed by atoms with Gasteiger partial charge in [0.15, 0.2) is 5.84 Å². The highest BCUT2D eigenvalue weighted by molar-refractivity contribution is 6.30. The summed E-state index contributed by atoms with van der Waals surface area (Å²) in [4.78, 5) is 0. The maximum atomic E-state index is 6.16. The molecule has 1 unspecified atom stereocenters. The molecule has 0 spiro atoms. The number of halogens is 1. The van der Waals surface area contributed by atoms with Crippen molar-refractivity contribution in [1.82, 2.24) is 5.43 Å². The van der Waals surface area contributed by atoms with Crippen molar-refractivity contribution in [2.24, 2.45) is 5.10 Å². The van der Waals surface area contributed by atoms with E-state index in [-0.39, 0.29) is 6.17 Å². The predicted octanol–water partition coefficient (Wildman–Crippen LogP) is 6.23. The summed E-state index contributed by atoms with van der Waals surface area (Å²) in [5, 5.41) is 9.92. The molecule has 1 heterocycles. The zero-order valence-electron chi connectivity index (χ0n) is 16.8. The Kier molecular flexibility index (Phi) is 5.40. The molecule has 1 atom stereocenters. The molecule has 1 N–H and O–H groups in total. The molecule has 0 aromatic heterocycles. The minimum atomic E-state index is -0.215. The molecular formula is C26H21ClN4. The van der Waals surface area contributed by atoms with Gasteiger partial charge in [-0.05, 0) is 42.0 Å². The first-order valence-electron chi connectivity index (χ1n) is 10.1. The monoisotopic (exact) mass is 424 g/mol. The van der Waals surface area contributed by atoms with Crippen molar-refractivity contribution < 1.29 is 0 Å². The third-order valence-electron chi connectivity index (χ3n) is 5.16. The predicted molar refractivity (Wildman–Crippen MR) is 128 cm³/mol. The molecule has 4 nitrogen and oxygen atoms in total. The number of amidine groups is 1. The van der Waals surface area contributed by atoms with E-state index in [0.717, 1.165) is 28.3 Å². The first kappa shape index (κ1) is 19.4. The fourth-order valence-electron chi connectivity index (χ4n) is 3.64. The maximum Gasteiger partial charge on any atom is 0.175 e. The van der Waals surface area contributed by atoms with E-state index in [1.807, 2.05) is 88.9 Å². The van der Waals surface area contributed by atoms with Gasteiger partial charge in [0, 0.05) is 10.6 Å². The van der Waals surface area contributed by atoms with Gasteiger partial charge in [0.25, 0.3) is 0 Å². The van der Waals surface area contributed by atoms with Crippen LogP contribution in [-0.2, 0) is 0 Å². The lowest BCUT2D eigenvalue weighted by atomic mass is 10.1. The summed E-state index contributed by atoms with van der Waals surface area (Å²) in [6.45, 7) is 0. The molecule has 1 aliphatic heterocycles. The van der Waals surface area contributed by atoms with Gasteiger partial charge in [-0.25, -0.2) is 5.01 Å². The lowest BCUT2D eigenvalue weighted by molar-refractivity contribution is 0.500. The topological polar surface area (TPSA) is 30.9 Å². The van der Waals surface area contributed by atoms with Crippen LogP contribution < -0.4 is 15.4 Å². The van der Waals surface area contributed by atoms with Gasteiger partial charge in [-0.1, -0.05) is 90.5 Å². The van der Waals surface area contributed by atoms with Gasteiger partial charge in [0.05, 0.1) is 11.4 Å². The van der Waals surface area contributed by atoms with Crippen LogP contribution in [0, 0.1) is 0 Å². The average molecular weight is 425 g/mol. The van der Waals surface area contributed by atoms with Crippen LogP contribution in [0.2, 0.25) is 5.02 Å². The smallest absolute Gasteiger partial charge is 0.175 e. The molecule has 0 fully saturated rings. The molecule has 0 aliphatic carbocycles. The fraction of sp³-hybridized carbons (Fsp3) is 0.0385. The highest BCUT2D eigenvalue weighted by Gasteiger charge is 2.31. The van der Waals surface area contributed by atoms with E-state index < -0.39 is 0 Å². The van der Waals surface area contributed by atoms with Gasteiger partial charge < -0.3 is 0 Å². The van der Waals surface area contributed by atoms with E-state index in [9.17, 15) is 0 Å². The summed E-state index contributed by atoms with van der Waals surface area (Å²) in [5.74, 6) is 0.820. The molecule has 0 amide bonds. The van der Waals surface area contributed by atoms with Crippen LogP contribution in [0.1, 0.15) is 17.3 Å². The number of hydrogen-bond acceptors (Lipinski definition) is 4. The summed E-state index contributed by atoms with van der Waals surface area (Å²) in [7, 11) is 0. The second-order valence-electron chi connectivity index (χ2n) is 7.22. The number of benzene rings is 4. The molecule has 0 radical (unpaired) electrons. The Morgan fingerprint density at radius 3 is 1.81 bits per heavy atom. The average Bonchev–Trinajstić information content (AvgIpc) is 2.85. The normalized spacial score (nSPS) is 16.2. The summed E-state index contributed by atoms with van der Waals surface area (Å²) < 4.78 is 0. The van der Waals surface area contributed by atoms with Crippen LogP contribution in [0.5, 0.6) is 0 Å². The SMILES string of the molecule is Clc1ccc(C2NN(c3ccccc3)C(c3ccccc3)=NN2c2ccccc2)cc1. The molecule has 31 heavy (non-hydrogen) atoms. The third kappa shape index (κ3) is 4.04. The van der Waals surface area contributed by atoms with Gasteiger partial charge in [-0.2, -0.15) is 10.5 Å².